The van der Waals surface area contributed by atoms with Crippen LogP contribution in [0, 0.1) is 0 Å². The van der Waals surface area contributed by atoms with Gasteiger partial charge in [-0.3, -0.25) is 4.57 Å². The van der Waals surface area contributed by atoms with Gasteiger partial charge in [0.1, 0.15) is 0 Å². The van der Waals surface area contributed by atoms with Crippen LogP contribution in [0.3, 0.4) is 0 Å². The van der Waals surface area contributed by atoms with Crippen LogP contribution >= 0.6 is 0 Å². The molecule has 2 heterocycles. The van der Waals surface area contributed by atoms with Gasteiger partial charge in [-0.05, 0) is 23.8 Å². The lowest BCUT2D eigenvalue weighted by molar-refractivity contribution is -0.137. The molecule has 0 atom stereocenters. The minimum atomic E-state index is -0.850. The van der Waals surface area contributed by atoms with Crippen LogP contribution in [-0.2, 0) is 25.6 Å². The fraction of sp³-hybridized carbons (Fsp3) is 0.158. The van der Waals surface area contributed by atoms with E-state index < -0.39 is 18.0 Å². The van der Waals surface area contributed by atoms with Gasteiger partial charge >= 0.3 is 18.0 Å². The van der Waals surface area contributed by atoms with Gasteiger partial charge < -0.3 is 9.47 Å². The molecule has 0 fully saturated rings. The van der Waals surface area contributed by atoms with Gasteiger partial charge in [0.15, 0.2) is 5.71 Å². The van der Waals surface area contributed by atoms with E-state index in [1.165, 1.54) is 24.9 Å². The molecule has 1 aromatic carbocycles. The van der Waals surface area contributed by atoms with Crippen LogP contribution in [-0.4, -0.2) is 47.5 Å². The van der Waals surface area contributed by atoms with E-state index in [9.17, 15) is 14.4 Å². The largest absolute Gasteiger partial charge is 0.465 e. The first-order valence-electron chi connectivity index (χ1n) is 8.05. The number of ether oxygens (including phenoxy) is 2. The Labute approximate surface area is 155 Å². The van der Waals surface area contributed by atoms with Crippen molar-refractivity contribution in [2.75, 3.05) is 14.2 Å². The van der Waals surface area contributed by atoms with E-state index in [1.54, 1.807) is 18.3 Å². The monoisotopic (exact) mass is 367 g/mol. The Hall–Kier alpha value is -3.68. The highest BCUT2D eigenvalue weighted by Crippen LogP contribution is 2.19. The van der Waals surface area contributed by atoms with Crippen molar-refractivity contribution in [2.24, 2.45) is 5.10 Å². The Morgan fingerprint density at radius 2 is 1.70 bits per heavy atom. The second-order valence-corrected chi connectivity index (χ2v) is 5.62. The number of esters is 2. The molecule has 0 aliphatic carbocycles. The Balaban J connectivity index is 2.17. The van der Waals surface area contributed by atoms with E-state index in [2.05, 4.69) is 5.10 Å². The number of methoxy groups -OCH3 is 2. The maximum Gasteiger partial charge on any atom is 0.359 e. The fourth-order valence-electron chi connectivity index (χ4n) is 2.62. The van der Waals surface area contributed by atoms with Gasteiger partial charge in [0.2, 0.25) is 0 Å². The second-order valence-electron chi connectivity index (χ2n) is 5.62. The highest BCUT2D eigenvalue weighted by Gasteiger charge is 2.30. The van der Waals surface area contributed by atoms with Crippen LogP contribution in [0.15, 0.2) is 59.3 Å². The quantitative estimate of drug-likeness (QED) is 0.772. The minimum absolute atomic E-state index is 0.102. The number of rotatable bonds is 4. The van der Waals surface area contributed by atoms with E-state index in [1.807, 2.05) is 30.3 Å². The fourth-order valence-corrected chi connectivity index (χ4v) is 2.62. The molecule has 0 spiro atoms. The van der Waals surface area contributed by atoms with Gasteiger partial charge in [-0.2, -0.15) is 5.10 Å². The molecular formula is C19H17N3O5. The lowest BCUT2D eigenvalue weighted by atomic mass is 10.1. The normalized spacial score (nSPS) is 17.6. The van der Waals surface area contributed by atoms with Gasteiger partial charge in [-0.15, -0.1) is 0 Å². The van der Waals surface area contributed by atoms with Crippen LogP contribution in [0.25, 0.3) is 6.08 Å². The van der Waals surface area contributed by atoms with Gasteiger partial charge in [0.05, 0.1) is 32.0 Å². The number of hydrazone groups is 1. The molecule has 8 heteroatoms. The second kappa shape index (κ2) is 7.69. The molecule has 0 unspecified atom stereocenters. The summed E-state index contributed by atoms with van der Waals surface area (Å²) in [6, 6.07) is 12.0. The number of hydrogen-bond donors (Lipinski definition) is 0. The van der Waals surface area contributed by atoms with E-state index >= 15 is 0 Å². The Morgan fingerprint density at radius 1 is 1.00 bits per heavy atom. The summed E-state index contributed by atoms with van der Waals surface area (Å²) in [7, 11) is 2.37. The Morgan fingerprint density at radius 3 is 2.37 bits per heavy atom. The highest BCUT2D eigenvalue weighted by atomic mass is 16.5. The topological polar surface area (TPSA) is 90.2 Å². The Bertz CT molecular complexity index is 943. The number of amides is 1. The number of carbonyl (C=O) groups is 3. The van der Waals surface area contributed by atoms with Gasteiger partial charge in [-0.1, -0.05) is 30.3 Å². The summed E-state index contributed by atoms with van der Waals surface area (Å²) in [5.41, 5.74) is 0.808. The molecule has 0 radical (unpaired) electrons. The lowest BCUT2D eigenvalue weighted by Crippen LogP contribution is -2.36. The zero-order valence-electron chi connectivity index (χ0n) is 14.8. The van der Waals surface area contributed by atoms with Gasteiger partial charge in [0, 0.05) is 6.20 Å². The third-order valence-corrected chi connectivity index (χ3v) is 3.93. The van der Waals surface area contributed by atoms with Gasteiger partial charge in [-0.25, -0.2) is 19.4 Å². The number of hydrogen-bond acceptors (Lipinski definition) is 6. The third-order valence-electron chi connectivity index (χ3n) is 3.93. The predicted molar refractivity (Wildman–Crippen MR) is 96.7 cm³/mol. The molecule has 1 aromatic heterocycles. The SMILES string of the molecule is COC(=O)C1=C/c2cccn2C(=O)N(Cc2ccccc2)/N=C\1C(=O)OC. The number of nitrogens with zero attached hydrogens (tertiary/aromatic N) is 3. The molecular weight excluding hydrogens is 350 g/mol. The summed E-state index contributed by atoms with van der Waals surface area (Å²) in [4.78, 5) is 37.5. The zero-order chi connectivity index (χ0) is 19.4. The first-order valence-corrected chi connectivity index (χ1v) is 8.05. The Kier molecular flexibility index (Phi) is 5.16. The van der Waals surface area contributed by atoms with E-state index in [0.29, 0.717) is 5.69 Å². The molecule has 2 aromatic rings. The molecule has 1 aliphatic rings. The predicted octanol–water partition coefficient (Wildman–Crippen LogP) is 2.06. The van der Waals surface area contributed by atoms with Gasteiger partial charge in [0.25, 0.3) is 0 Å². The van der Waals surface area contributed by atoms with E-state index in [0.717, 1.165) is 10.6 Å². The smallest absolute Gasteiger partial charge is 0.359 e. The number of benzene rings is 1. The van der Waals surface area contributed by atoms with E-state index in [4.69, 9.17) is 9.47 Å². The third kappa shape index (κ3) is 3.64. The standard InChI is InChI=1S/C19H17N3O5/c1-26-17(23)15-11-14-9-6-10-21(14)19(25)22(20-16(15)18(24)27-2)12-13-7-4-3-5-8-13/h3-11H,12H2,1-2H3/b15-11+,20-16+. The zero-order valence-corrected chi connectivity index (χ0v) is 14.8. The summed E-state index contributed by atoms with van der Waals surface area (Å²) < 4.78 is 10.9. The van der Waals surface area contributed by atoms with Crippen molar-refractivity contribution in [2.45, 2.75) is 6.54 Å². The van der Waals surface area contributed by atoms with Crippen molar-refractivity contribution >= 4 is 29.8 Å². The van der Waals surface area contributed by atoms with Crippen molar-refractivity contribution < 1.29 is 23.9 Å². The molecule has 27 heavy (non-hydrogen) atoms. The minimum Gasteiger partial charge on any atom is -0.465 e. The maximum absolute atomic E-state index is 12.9. The van der Waals surface area contributed by atoms with Crippen LogP contribution in [0.2, 0.25) is 0 Å². The maximum atomic E-state index is 12.9. The molecule has 1 amide bonds. The van der Waals surface area contributed by atoms with E-state index in [-0.39, 0.29) is 17.8 Å². The molecule has 3 rings (SSSR count). The molecule has 8 nitrogen and oxygen atoms in total. The summed E-state index contributed by atoms with van der Waals surface area (Å²) >= 11 is 0. The van der Waals surface area contributed by atoms with Crippen LogP contribution in [0.4, 0.5) is 4.79 Å². The summed E-state index contributed by atoms with van der Waals surface area (Å²) in [5, 5.41) is 5.26. The molecule has 0 N–H and O–H groups in total. The average molecular weight is 367 g/mol. The molecule has 0 saturated heterocycles. The number of carbonyl (C=O) groups excluding carboxylic acids is 3. The highest BCUT2D eigenvalue weighted by molar-refractivity contribution is 6.50. The van der Waals surface area contributed by atoms with Crippen molar-refractivity contribution in [1.29, 1.82) is 0 Å². The van der Waals surface area contributed by atoms with Crippen LogP contribution in [0.5, 0.6) is 0 Å². The number of fused-ring (bicyclic) bond motifs is 1. The molecule has 138 valence electrons. The average Bonchev–Trinajstić information content (AvgIpc) is 3.15. The van der Waals surface area contributed by atoms with Crippen molar-refractivity contribution in [3.63, 3.8) is 0 Å². The lowest BCUT2D eigenvalue weighted by Gasteiger charge is -2.22. The first kappa shape index (κ1) is 18.1. The van der Waals surface area contributed by atoms with Crippen LogP contribution < -0.4 is 0 Å². The molecule has 0 saturated carbocycles. The molecule has 0 bridgehead atoms. The van der Waals surface area contributed by atoms with Crippen molar-refractivity contribution in [1.82, 2.24) is 9.58 Å². The summed E-state index contributed by atoms with van der Waals surface area (Å²) in [6.07, 6.45) is 2.93. The summed E-state index contributed by atoms with van der Waals surface area (Å²) in [6.45, 7) is 0.103. The van der Waals surface area contributed by atoms with Crippen molar-refractivity contribution in [3.05, 3.63) is 65.5 Å². The molecule has 1 aliphatic heterocycles. The summed E-state index contributed by atoms with van der Waals surface area (Å²) in [5.74, 6) is -1.61. The first-order chi connectivity index (χ1) is 13.0. The van der Waals surface area contributed by atoms with Crippen LogP contribution in [0.1, 0.15) is 11.3 Å². The number of aromatic nitrogens is 1. The van der Waals surface area contributed by atoms with Crippen molar-refractivity contribution in [3.8, 4) is 0 Å².